The van der Waals surface area contributed by atoms with Gasteiger partial charge in [0.05, 0.1) is 24.7 Å². The molecule has 0 saturated heterocycles. The largest absolute Gasteiger partial charge is 0.326 e. The lowest BCUT2D eigenvalue weighted by atomic mass is 10.1. The first-order valence-electron chi connectivity index (χ1n) is 8.33. The molecule has 0 spiro atoms. The summed E-state index contributed by atoms with van der Waals surface area (Å²) in [6, 6.07) is 10.1. The Bertz CT molecular complexity index is 738. The van der Waals surface area contributed by atoms with Crippen LogP contribution in [0.15, 0.2) is 24.3 Å². The zero-order valence-electron chi connectivity index (χ0n) is 14.6. The van der Waals surface area contributed by atoms with Crippen molar-refractivity contribution in [3.63, 3.8) is 0 Å². The molecular weight excluding hydrogens is 300 g/mol. The van der Waals surface area contributed by atoms with Crippen molar-refractivity contribution in [2.75, 3.05) is 5.32 Å². The Morgan fingerprint density at radius 2 is 2.00 bits per heavy atom. The van der Waals surface area contributed by atoms with E-state index in [4.69, 9.17) is 5.26 Å². The maximum absolute atomic E-state index is 12.2. The van der Waals surface area contributed by atoms with E-state index in [-0.39, 0.29) is 5.91 Å². The molecule has 0 fully saturated rings. The summed E-state index contributed by atoms with van der Waals surface area (Å²) >= 11 is 0. The molecule has 2 aromatic rings. The van der Waals surface area contributed by atoms with Crippen molar-refractivity contribution < 1.29 is 4.79 Å². The number of rotatable bonds is 7. The Kier molecular flexibility index (Phi) is 6.14. The fourth-order valence-electron chi connectivity index (χ4n) is 2.76. The molecule has 0 aliphatic rings. The van der Waals surface area contributed by atoms with Crippen LogP contribution in [0, 0.1) is 25.2 Å². The first-order valence-corrected chi connectivity index (χ1v) is 8.33. The number of carbonyl (C=O) groups excluding carboxylic acids is 1. The molecule has 0 unspecified atom stereocenters. The monoisotopic (exact) mass is 324 g/mol. The lowest BCUT2D eigenvalue weighted by Crippen LogP contribution is -2.12. The molecule has 0 saturated carbocycles. The Hall–Kier alpha value is -2.61. The number of hydrogen-bond donors (Lipinski definition) is 1. The van der Waals surface area contributed by atoms with E-state index in [2.05, 4.69) is 23.4 Å². The molecule has 2 rings (SSSR count). The number of hydrogen-bond acceptors (Lipinski definition) is 3. The Morgan fingerprint density at radius 3 is 2.62 bits per heavy atom. The molecule has 1 aromatic carbocycles. The molecular formula is C19H24N4O. The third-order valence-electron chi connectivity index (χ3n) is 4.21. The van der Waals surface area contributed by atoms with Gasteiger partial charge in [0.2, 0.25) is 5.91 Å². The maximum Gasteiger partial charge on any atom is 0.224 e. The van der Waals surface area contributed by atoms with Crippen LogP contribution in [0.2, 0.25) is 0 Å². The number of anilines is 1. The topological polar surface area (TPSA) is 70.7 Å². The number of aryl methyl sites for hydroxylation is 3. The first-order chi connectivity index (χ1) is 11.5. The average molecular weight is 324 g/mol. The minimum Gasteiger partial charge on any atom is -0.326 e. The molecule has 0 aliphatic heterocycles. The summed E-state index contributed by atoms with van der Waals surface area (Å²) < 4.78 is 1.86. The number of nitrogens with one attached hydrogen (secondary N) is 1. The second-order valence-electron chi connectivity index (χ2n) is 5.88. The quantitative estimate of drug-likeness (QED) is 0.846. The third-order valence-corrected chi connectivity index (χ3v) is 4.21. The molecule has 1 aromatic heterocycles. The molecule has 0 atom stereocenters. The zero-order valence-corrected chi connectivity index (χ0v) is 14.6. The molecule has 24 heavy (non-hydrogen) atoms. The van der Waals surface area contributed by atoms with Gasteiger partial charge in [0.15, 0.2) is 0 Å². The predicted molar refractivity (Wildman–Crippen MR) is 94.7 cm³/mol. The van der Waals surface area contributed by atoms with E-state index in [0.717, 1.165) is 29.1 Å². The van der Waals surface area contributed by atoms with Gasteiger partial charge in [0.25, 0.3) is 0 Å². The van der Waals surface area contributed by atoms with Gasteiger partial charge in [-0.1, -0.05) is 19.1 Å². The van der Waals surface area contributed by atoms with E-state index in [9.17, 15) is 4.79 Å². The van der Waals surface area contributed by atoms with Gasteiger partial charge in [-0.25, -0.2) is 0 Å². The summed E-state index contributed by atoms with van der Waals surface area (Å²) in [6.07, 6.45) is 2.50. The molecule has 1 amide bonds. The van der Waals surface area contributed by atoms with Crippen molar-refractivity contribution in [3.05, 3.63) is 46.8 Å². The minimum absolute atomic E-state index is 0.00261. The van der Waals surface area contributed by atoms with Crippen molar-refractivity contribution in [1.29, 1.82) is 5.26 Å². The predicted octanol–water partition coefficient (Wildman–Crippen LogP) is 3.55. The van der Waals surface area contributed by atoms with Gasteiger partial charge in [-0.2, -0.15) is 10.4 Å². The van der Waals surface area contributed by atoms with Crippen molar-refractivity contribution in [2.45, 2.75) is 53.0 Å². The van der Waals surface area contributed by atoms with Crippen LogP contribution in [0.25, 0.3) is 0 Å². The van der Waals surface area contributed by atoms with Crippen molar-refractivity contribution in [3.8, 4) is 6.07 Å². The lowest BCUT2D eigenvalue weighted by Gasteiger charge is -2.07. The molecule has 5 heteroatoms. The van der Waals surface area contributed by atoms with Gasteiger partial charge in [-0.15, -0.1) is 0 Å². The Balaban J connectivity index is 1.93. The van der Waals surface area contributed by atoms with Gasteiger partial charge in [-0.3, -0.25) is 9.48 Å². The molecule has 5 nitrogen and oxygen atoms in total. The number of amides is 1. The van der Waals surface area contributed by atoms with Crippen LogP contribution in [0.4, 0.5) is 5.69 Å². The lowest BCUT2D eigenvalue weighted by molar-refractivity contribution is -0.116. The normalized spacial score (nSPS) is 10.4. The third kappa shape index (κ3) is 4.45. The van der Waals surface area contributed by atoms with Crippen LogP contribution in [-0.2, 0) is 24.2 Å². The van der Waals surface area contributed by atoms with Gasteiger partial charge in [0, 0.05) is 17.8 Å². The zero-order chi connectivity index (χ0) is 17.5. The first kappa shape index (κ1) is 17.7. The van der Waals surface area contributed by atoms with Crippen molar-refractivity contribution in [2.24, 2.45) is 0 Å². The molecule has 0 radical (unpaired) electrons. The van der Waals surface area contributed by atoms with E-state index >= 15 is 0 Å². The second kappa shape index (κ2) is 8.30. The summed E-state index contributed by atoms with van der Waals surface area (Å²) in [5, 5.41) is 16.1. The Morgan fingerprint density at radius 1 is 1.29 bits per heavy atom. The number of nitrogens with zero attached hydrogens (tertiary/aromatic N) is 3. The van der Waals surface area contributed by atoms with Crippen LogP contribution in [0.3, 0.4) is 0 Å². The van der Waals surface area contributed by atoms with Gasteiger partial charge in [0.1, 0.15) is 0 Å². The summed E-state index contributed by atoms with van der Waals surface area (Å²) in [5.41, 5.74) is 5.16. The average Bonchev–Trinajstić information content (AvgIpc) is 2.85. The highest BCUT2D eigenvalue weighted by Gasteiger charge is 2.13. The Labute approximate surface area is 143 Å². The van der Waals surface area contributed by atoms with Gasteiger partial charge >= 0.3 is 0 Å². The van der Waals surface area contributed by atoms with E-state index in [1.54, 1.807) is 0 Å². The van der Waals surface area contributed by atoms with E-state index in [0.29, 0.717) is 25.8 Å². The fourth-order valence-corrected chi connectivity index (χ4v) is 2.76. The fraction of sp³-hybridized carbons (Fsp3) is 0.421. The number of carbonyl (C=O) groups is 1. The summed E-state index contributed by atoms with van der Waals surface area (Å²) in [4.78, 5) is 12.2. The van der Waals surface area contributed by atoms with Crippen LogP contribution in [0.5, 0.6) is 0 Å². The SMILES string of the molecule is CCc1ccc(NC(=O)CCc2c(C)nn(CCC#N)c2C)cc1. The van der Waals surface area contributed by atoms with Crippen LogP contribution in [0.1, 0.15) is 42.3 Å². The van der Waals surface area contributed by atoms with Crippen LogP contribution in [-0.4, -0.2) is 15.7 Å². The second-order valence-corrected chi connectivity index (χ2v) is 5.88. The summed E-state index contributed by atoms with van der Waals surface area (Å²) in [7, 11) is 0. The van der Waals surface area contributed by atoms with Crippen molar-refractivity contribution in [1.82, 2.24) is 9.78 Å². The number of aromatic nitrogens is 2. The van der Waals surface area contributed by atoms with Crippen LogP contribution < -0.4 is 5.32 Å². The standard InChI is InChI=1S/C19H24N4O/c1-4-16-6-8-17(9-7-16)21-19(24)11-10-18-14(2)22-23(15(18)3)13-5-12-20/h6-9H,4-5,10-11,13H2,1-3H3,(H,21,24). The summed E-state index contributed by atoms with van der Waals surface area (Å²) in [5.74, 6) is 0.00261. The molecule has 1 N–H and O–H groups in total. The van der Waals surface area contributed by atoms with Gasteiger partial charge in [-0.05, 0) is 49.9 Å². The molecule has 126 valence electrons. The molecule has 0 bridgehead atoms. The smallest absolute Gasteiger partial charge is 0.224 e. The highest BCUT2D eigenvalue weighted by atomic mass is 16.1. The van der Waals surface area contributed by atoms with E-state index in [1.807, 2.05) is 42.8 Å². The van der Waals surface area contributed by atoms with Crippen molar-refractivity contribution >= 4 is 11.6 Å². The number of benzene rings is 1. The summed E-state index contributed by atoms with van der Waals surface area (Å²) in [6.45, 7) is 6.65. The molecule has 1 heterocycles. The van der Waals surface area contributed by atoms with Gasteiger partial charge < -0.3 is 5.32 Å². The van der Waals surface area contributed by atoms with E-state index < -0.39 is 0 Å². The van der Waals surface area contributed by atoms with Crippen LogP contribution >= 0.6 is 0 Å². The molecule has 0 aliphatic carbocycles. The number of nitriles is 1. The maximum atomic E-state index is 12.2. The minimum atomic E-state index is 0.00261. The van der Waals surface area contributed by atoms with E-state index in [1.165, 1.54) is 5.56 Å². The highest BCUT2D eigenvalue weighted by Crippen LogP contribution is 2.16. The highest BCUT2D eigenvalue weighted by molar-refractivity contribution is 5.90.